The Hall–Kier alpha value is -3.32. The second-order valence-corrected chi connectivity index (χ2v) is 5.43. The van der Waals surface area contributed by atoms with Crippen molar-refractivity contribution in [2.24, 2.45) is 5.73 Å². The van der Waals surface area contributed by atoms with E-state index in [0.717, 1.165) is 6.08 Å². The molecule has 0 bridgehead atoms. The number of aliphatic carboxylic acids is 1. The van der Waals surface area contributed by atoms with E-state index in [4.69, 9.17) is 19.9 Å². The van der Waals surface area contributed by atoms with Gasteiger partial charge in [0, 0.05) is 6.54 Å². The van der Waals surface area contributed by atoms with Crippen LogP contribution in [-0.2, 0) is 9.59 Å². The fourth-order valence-electron chi connectivity index (χ4n) is 2.22. The Labute approximate surface area is 157 Å². The molecule has 0 radical (unpaired) electrons. The first-order valence-corrected chi connectivity index (χ1v) is 8.22. The number of hydrogen-bond acceptors (Lipinski definition) is 6. The molecular formula is C20H21NO6. The number of methoxy groups -OCH3 is 1. The average molecular weight is 371 g/mol. The molecule has 1 unspecified atom stereocenters. The van der Waals surface area contributed by atoms with E-state index in [1.807, 2.05) is 0 Å². The number of carboxylic acids is 1. The van der Waals surface area contributed by atoms with E-state index >= 15 is 0 Å². The molecule has 1 atom stereocenters. The highest BCUT2D eigenvalue weighted by atomic mass is 16.5. The summed E-state index contributed by atoms with van der Waals surface area (Å²) < 4.78 is 15.9. The number of benzene rings is 2. The highest BCUT2D eigenvalue weighted by Gasteiger charge is 2.27. The van der Waals surface area contributed by atoms with Crippen LogP contribution in [0.2, 0.25) is 0 Å². The van der Waals surface area contributed by atoms with Gasteiger partial charge in [-0.1, -0.05) is 30.3 Å². The second-order valence-electron chi connectivity index (χ2n) is 5.43. The second kappa shape index (κ2) is 9.98. The van der Waals surface area contributed by atoms with Crippen molar-refractivity contribution in [3.8, 4) is 17.2 Å². The molecule has 0 fully saturated rings. The topological polar surface area (TPSA) is 108 Å². The molecule has 0 aliphatic rings. The zero-order valence-electron chi connectivity index (χ0n) is 14.8. The van der Waals surface area contributed by atoms with Crippen LogP contribution in [0.5, 0.6) is 17.2 Å². The molecule has 7 nitrogen and oxygen atoms in total. The van der Waals surface area contributed by atoms with Gasteiger partial charge in [-0.05, 0) is 35.9 Å². The largest absolute Gasteiger partial charge is 0.493 e. The predicted molar refractivity (Wildman–Crippen MR) is 100 cm³/mol. The summed E-state index contributed by atoms with van der Waals surface area (Å²) in [5, 5.41) is 9.35. The van der Waals surface area contributed by atoms with Gasteiger partial charge in [-0.15, -0.1) is 0 Å². The number of carbonyl (C=O) groups is 2. The van der Waals surface area contributed by atoms with E-state index < -0.39 is 17.9 Å². The number of hydrogen-bond donors (Lipinski definition) is 2. The molecule has 0 spiro atoms. The quantitative estimate of drug-likeness (QED) is 0.486. The van der Waals surface area contributed by atoms with Crippen molar-refractivity contribution in [2.75, 3.05) is 20.3 Å². The fraction of sp³-hybridized carbons (Fsp3) is 0.200. The molecule has 2 aromatic carbocycles. The van der Waals surface area contributed by atoms with Crippen molar-refractivity contribution in [1.82, 2.24) is 0 Å². The summed E-state index contributed by atoms with van der Waals surface area (Å²) in [6.07, 6.45) is 0.976. The molecule has 0 aromatic heterocycles. The lowest BCUT2D eigenvalue weighted by molar-refractivity contribution is -0.148. The highest BCUT2D eigenvalue weighted by molar-refractivity contribution is 6.09. The van der Waals surface area contributed by atoms with Crippen molar-refractivity contribution in [2.45, 2.75) is 6.10 Å². The van der Waals surface area contributed by atoms with E-state index in [9.17, 15) is 14.7 Å². The van der Waals surface area contributed by atoms with Crippen LogP contribution in [0.15, 0.2) is 54.6 Å². The smallest absolute Gasteiger partial charge is 0.353 e. The first-order chi connectivity index (χ1) is 13.0. The van der Waals surface area contributed by atoms with Crippen LogP contribution in [-0.4, -0.2) is 43.2 Å². The molecule has 2 rings (SSSR count). The van der Waals surface area contributed by atoms with Gasteiger partial charge in [-0.2, -0.15) is 0 Å². The summed E-state index contributed by atoms with van der Waals surface area (Å²) in [6, 6.07) is 13.5. The van der Waals surface area contributed by atoms with Crippen molar-refractivity contribution in [1.29, 1.82) is 0 Å². The maximum absolute atomic E-state index is 12.3. The number of ketones is 1. The van der Waals surface area contributed by atoms with Crippen LogP contribution in [0, 0.1) is 0 Å². The summed E-state index contributed by atoms with van der Waals surface area (Å²) >= 11 is 0. The lowest BCUT2D eigenvalue weighted by Gasteiger charge is -2.14. The van der Waals surface area contributed by atoms with Gasteiger partial charge in [0.15, 0.2) is 11.5 Å². The van der Waals surface area contributed by atoms with Gasteiger partial charge in [0.05, 0.1) is 7.11 Å². The Balaban J connectivity index is 2.13. The molecule has 27 heavy (non-hydrogen) atoms. The van der Waals surface area contributed by atoms with Crippen LogP contribution < -0.4 is 19.9 Å². The maximum atomic E-state index is 12.3. The van der Waals surface area contributed by atoms with Crippen LogP contribution >= 0.6 is 0 Å². The molecule has 0 aliphatic carbocycles. The summed E-state index contributed by atoms with van der Waals surface area (Å²) in [7, 11) is 1.43. The number of para-hydroxylation sites is 2. The van der Waals surface area contributed by atoms with Gasteiger partial charge in [-0.3, -0.25) is 4.79 Å². The Morgan fingerprint density at radius 3 is 2.56 bits per heavy atom. The minimum absolute atomic E-state index is 0.173. The Morgan fingerprint density at radius 1 is 1.15 bits per heavy atom. The summed E-state index contributed by atoms with van der Waals surface area (Å²) in [4.78, 5) is 23.8. The van der Waals surface area contributed by atoms with E-state index in [-0.39, 0.29) is 5.75 Å². The Bertz CT molecular complexity index is 818. The lowest BCUT2D eigenvalue weighted by Crippen LogP contribution is -2.34. The highest BCUT2D eigenvalue weighted by Crippen LogP contribution is 2.27. The van der Waals surface area contributed by atoms with Crippen LogP contribution in [0.25, 0.3) is 6.08 Å². The number of carboxylic acid groups (broad SMARTS) is 1. The normalized spacial score (nSPS) is 11.8. The van der Waals surface area contributed by atoms with Gasteiger partial charge in [0.25, 0.3) is 6.10 Å². The number of carbonyl (C=O) groups excluding carboxylic acids is 1. The number of nitrogens with two attached hydrogens (primary N) is 1. The zero-order chi connectivity index (χ0) is 19.6. The predicted octanol–water partition coefficient (Wildman–Crippen LogP) is 2.15. The van der Waals surface area contributed by atoms with Crippen LogP contribution in [0.3, 0.4) is 0 Å². The molecular weight excluding hydrogens is 350 g/mol. The van der Waals surface area contributed by atoms with Gasteiger partial charge in [0.2, 0.25) is 5.78 Å². The van der Waals surface area contributed by atoms with Gasteiger partial charge >= 0.3 is 5.97 Å². The SMILES string of the molecule is COc1ccccc1OC(C(=O)O)C(=O)C=Cc1cccc(OCCN)c1. The third kappa shape index (κ3) is 5.86. The number of ether oxygens (including phenoxy) is 3. The molecule has 7 heteroatoms. The van der Waals surface area contributed by atoms with E-state index in [2.05, 4.69) is 0 Å². The molecule has 0 saturated heterocycles. The van der Waals surface area contributed by atoms with Gasteiger partial charge in [-0.25, -0.2) is 4.79 Å². The minimum atomic E-state index is -1.69. The van der Waals surface area contributed by atoms with Crippen molar-refractivity contribution in [3.63, 3.8) is 0 Å². The molecule has 3 N–H and O–H groups in total. The Kier molecular flexibility index (Phi) is 7.39. The van der Waals surface area contributed by atoms with Crippen LogP contribution in [0.1, 0.15) is 5.56 Å². The van der Waals surface area contributed by atoms with Gasteiger partial charge in [0.1, 0.15) is 12.4 Å². The van der Waals surface area contributed by atoms with Crippen LogP contribution in [0.4, 0.5) is 0 Å². The van der Waals surface area contributed by atoms with Crippen molar-refractivity contribution < 1.29 is 28.9 Å². The first kappa shape index (κ1) is 20.0. The first-order valence-electron chi connectivity index (χ1n) is 8.22. The molecule has 0 aliphatic heterocycles. The average Bonchev–Trinajstić information content (AvgIpc) is 2.69. The third-order valence-corrected chi connectivity index (χ3v) is 3.48. The monoisotopic (exact) mass is 371 g/mol. The molecule has 142 valence electrons. The molecule has 0 heterocycles. The van der Waals surface area contributed by atoms with E-state index in [1.54, 1.807) is 42.5 Å². The minimum Gasteiger partial charge on any atom is -0.493 e. The molecule has 2 aromatic rings. The van der Waals surface area contributed by atoms with E-state index in [0.29, 0.717) is 30.2 Å². The summed E-state index contributed by atoms with van der Waals surface area (Å²) in [5.74, 6) is -0.982. The molecule has 0 saturated carbocycles. The summed E-state index contributed by atoms with van der Waals surface area (Å²) in [6.45, 7) is 0.763. The molecule has 0 amide bonds. The van der Waals surface area contributed by atoms with Gasteiger partial charge < -0.3 is 25.1 Å². The van der Waals surface area contributed by atoms with Crippen molar-refractivity contribution in [3.05, 3.63) is 60.2 Å². The third-order valence-electron chi connectivity index (χ3n) is 3.48. The van der Waals surface area contributed by atoms with E-state index in [1.165, 1.54) is 19.3 Å². The van der Waals surface area contributed by atoms with Crippen molar-refractivity contribution >= 4 is 17.8 Å². The fourth-order valence-corrected chi connectivity index (χ4v) is 2.22. The Morgan fingerprint density at radius 2 is 1.89 bits per heavy atom. The summed E-state index contributed by atoms with van der Waals surface area (Å²) in [5.41, 5.74) is 6.08. The number of rotatable bonds is 10. The standard InChI is InChI=1S/C20H21NO6/c1-25-17-7-2-3-8-18(17)27-19(20(23)24)16(22)10-9-14-5-4-6-15(13-14)26-12-11-21/h2-10,13,19H,11-12,21H2,1H3,(H,23,24). The zero-order valence-corrected chi connectivity index (χ0v) is 14.8. The lowest BCUT2D eigenvalue weighted by atomic mass is 10.1. The maximum Gasteiger partial charge on any atom is 0.353 e.